The van der Waals surface area contributed by atoms with Crippen molar-refractivity contribution in [1.82, 2.24) is 4.98 Å². The number of phenolic OH excluding ortho intramolecular Hbond substituents is 1. The second kappa shape index (κ2) is 4.62. The lowest BCUT2D eigenvalue weighted by Crippen LogP contribution is -2.12. The number of amides is 2. The molecule has 0 saturated carbocycles. The Balaban J connectivity index is 2.17. The number of H-pyrrole nitrogens is 1. The van der Waals surface area contributed by atoms with Crippen molar-refractivity contribution in [3.8, 4) is 5.75 Å². The number of carbonyl (C=O) groups excluding carboxylic acids is 2. The van der Waals surface area contributed by atoms with Crippen molar-refractivity contribution in [1.29, 1.82) is 0 Å². The molecule has 18 heavy (non-hydrogen) atoms. The monoisotopic (exact) mass is 245 g/mol. The van der Waals surface area contributed by atoms with Gasteiger partial charge in [-0.2, -0.15) is 0 Å². The van der Waals surface area contributed by atoms with Crippen molar-refractivity contribution in [2.24, 2.45) is 5.73 Å². The summed E-state index contributed by atoms with van der Waals surface area (Å²) in [5.41, 5.74) is 5.76. The minimum absolute atomic E-state index is 0.0310. The SMILES string of the molecule is NC(=O)c1cc(C(=O)Nc2ccccc2O)c[nH]1. The highest BCUT2D eigenvalue weighted by molar-refractivity contribution is 6.06. The van der Waals surface area contributed by atoms with Crippen molar-refractivity contribution >= 4 is 17.5 Å². The number of anilines is 1. The van der Waals surface area contributed by atoms with Crippen molar-refractivity contribution in [3.05, 3.63) is 47.8 Å². The molecule has 6 nitrogen and oxygen atoms in total. The lowest BCUT2D eigenvalue weighted by molar-refractivity contribution is 0.0995. The zero-order chi connectivity index (χ0) is 13.1. The fourth-order valence-corrected chi connectivity index (χ4v) is 1.44. The quantitative estimate of drug-likeness (QED) is 0.607. The number of aromatic nitrogens is 1. The number of hydrogen-bond donors (Lipinski definition) is 4. The molecule has 1 heterocycles. The van der Waals surface area contributed by atoms with E-state index in [1.54, 1.807) is 18.2 Å². The van der Waals surface area contributed by atoms with Crippen molar-refractivity contribution < 1.29 is 14.7 Å². The highest BCUT2D eigenvalue weighted by atomic mass is 16.3. The first-order valence-electron chi connectivity index (χ1n) is 5.15. The molecule has 1 aromatic carbocycles. The standard InChI is InChI=1S/C12H11N3O3/c13-11(17)9-5-7(6-14-9)12(18)15-8-3-1-2-4-10(8)16/h1-6,14,16H,(H2,13,17)(H,15,18). The van der Waals surface area contributed by atoms with Crippen LogP contribution in [0.4, 0.5) is 5.69 Å². The van der Waals surface area contributed by atoms with E-state index in [4.69, 9.17) is 5.73 Å². The molecule has 0 bridgehead atoms. The highest BCUT2D eigenvalue weighted by Crippen LogP contribution is 2.22. The Morgan fingerprint density at radius 2 is 2.00 bits per heavy atom. The zero-order valence-corrected chi connectivity index (χ0v) is 9.31. The van der Waals surface area contributed by atoms with Crippen molar-refractivity contribution in [2.45, 2.75) is 0 Å². The average Bonchev–Trinajstić information content (AvgIpc) is 2.81. The lowest BCUT2D eigenvalue weighted by atomic mass is 10.2. The summed E-state index contributed by atoms with van der Waals surface area (Å²) in [6.07, 6.45) is 1.37. The minimum Gasteiger partial charge on any atom is -0.506 e. The maximum Gasteiger partial charge on any atom is 0.265 e. The van der Waals surface area contributed by atoms with Gasteiger partial charge in [-0.15, -0.1) is 0 Å². The summed E-state index contributed by atoms with van der Waals surface area (Å²) in [4.78, 5) is 25.3. The third-order valence-corrected chi connectivity index (χ3v) is 2.36. The molecular formula is C12H11N3O3. The van der Waals surface area contributed by atoms with Gasteiger partial charge in [0.1, 0.15) is 11.4 Å². The summed E-state index contributed by atoms with van der Waals surface area (Å²) in [6, 6.07) is 7.70. The number of para-hydroxylation sites is 2. The Kier molecular flexibility index (Phi) is 3.01. The largest absolute Gasteiger partial charge is 0.506 e. The Morgan fingerprint density at radius 1 is 1.28 bits per heavy atom. The molecule has 92 valence electrons. The number of carbonyl (C=O) groups is 2. The van der Waals surface area contributed by atoms with E-state index in [1.165, 1.54) is 18.3 Å². The minimum atomic E-state index is -0.642. The Hall–Kier alpha value is -2.76. The van der Waals surface area contributed by atoms with Crippen LogP contribution in [-0.4, -0.2) is 21.9 Å². The van der Waals surface area contributed by atoms with E-state index in [2.05, 4.69) is 10.3 Å². The molecule has 0 atom stereocenters. The smallest absolute Gasteiger partial charge is 0.265 e. The molecule has 0 fully saturated rings. The van der Waals surface area contributed by atoms with Crippen molar-refractivity contribution in [3.63, 3.8) is 0 Å². The first-order chi connectivity index (χ1) is 8.58. The van der Waals surface area contributed by atoms with Crippen LogP contribution in [0.5, 0.6) is 5.75 Å². The molecule has 0 unspecified atom stereocenters. The van der Waals surface area contributed by atoms with Gasteiger partial charge in [0, 0.05) is 6.20 Å². The normalized spacial score (nSPS) is 10.0. The van der Waals surface area contributed by atoms with Gasteiger partial charge in [0.15, 0.2) is 0 Å². The topological polar surface area (TPSA) is 108 Å². The van der Waals surface area contributed by atoms with Crippen LogP contribution in [0.15, 0.2) is 36.5 Å². The Morgan fingerprint density at radius 3 is 2.61 bits per heavy atom. The maximum absolute atomic E-state index is 11.8. The number of primary amides is 1. The molecule has 2 amide bonds. The van der Waals surface area contributed by atoms with Gasteiger partial charge in [-0.25, -0.2) is 0 Å². The fourth-order valence-electron chi connectivity index (χ4n) is 1.44. The highest BCUT2D eigenvalue weighted by Gasteiger charge is 2.12. The summed E-state index contributed by atoms with van der Waals surface area (Å²) in [6.45, 7) is 0. The van der Waals surface area contributed by atoms with E-state index in [-0.39, 0.29) is 17.0 Å². The van der Waals surface area contributed by atoms with Gasteiger partial charge in [-0.1, -0.05) is 12.1 Å². The van der Waals surface area contributed by atoms with Gasteiger partial charge >= 0.3 is 0 Å². The molecule has 5 N–H and O–H groups in total. The van der Waals surface area contributed by atoms with Gasteiger partial charge in [0.25, 0.3) is 11.8 Å². The number of aromatic amines is 1. The molecule has 0 radical (unpaired) electrons. The van der Waals surface area contributed by atoms with Crippen LogP contribution < -0.4 is 11.1 Å². The van der Waals surface area contributed by atoms with Gasteiger partial charge in [0.2, 0.25) is 0 Å². The van der Waals surface area contributed by atoms with E-state index in [9.17, 15) is 14.7 Å². The van der Waals surface area contributed by atoms with Gasteiger partial charge in [0.05, 0.1) is 11.3 Å². The predicted molar refractivity (Wildman–Crippen MR) is 65.4 cm³/mol. The second-order valence-corrected chi connectivity index (χ2v) is 3.64. The van der Waals surface area contributed by atoms with Gasteiger partial charge in [-0.3, -0.25) is 9.59 Å². The average molecular weight is 245 g/mol. The molecule has 2 aromatic rings. The molecule has 0 spiro atoms. The van der Waals surface area contributed by atoms with Crippen LogP contribution >= 0.6 is 0 Å². The second-order valence-electron chi connectivity index (χ2n) is 3.64. The van der Waals surface area contributed by atoms with Crippen LogP contribution in [0.1, 0.15) is 20.8 Å². The Labute approximate surface area is 102 Å². The summed E-state index contributed by atoms with van der Waals surface area (Å²) < 4.78 is 0. The third-order valence-electron chi connectivity index (χ3n) is 2.36. The van der Waals surface area contributed by atoms with Crippen LogP contribution in [0.3, 0.4) is 0 Å². The number of benzene rings is 1. The molecule has 0 aliphatic heterocycles. The molecule has 6 heteroatoms. The van der Waals surface area contributed by atoms with Crippen LogP contribution in [0.25, 0.3) is 0 Å². The summed E-state index contributed by atoms with van der Waals surface area (Å²) in [5, 5.41) is 12.0. The number of aromatic hydroxyl groups is 1. The first kappa shape index (κ1) is 11.7. The molecule has 1 aromatic heterocycles. The van der Waals surface area contributed by atoms with E-state index in [0.29, 0.717) is 5.69 Å². The third kappa shape index (κ3) is 2.32. The summed E-state index contributed by atoms with van der Waals surface area (Å²) in [5.74, 6) is -1.12. The van der Waals surface area contributed by atoms with E-state index in [1.807, 2.05) is 0 Å². The number of hydrogen-bond acceptors (Lipinski definition) is 3. The Bertz CT molecular complexity index is 604. The number of nitrogens with two attached hydrogens (primary N) is 1. The van der Waals surface area contributed by atoms with Crippen LogP contribution in [-0.2, 0) is 0 Å². The van der Waals surface area contributed by atoms with Crippen LogP contribution in [0.2, 0.25) is 0 Å². The maximum atomic E-state index is 11.8. The van der Waals surface area contributed by atoms with Crippen LogP contribution in [0, 0.1) is 0 Å². The summed E-state index contributed by atoms with van der Waals surface area (Å²) in [7, 11) is 0. The molecule has 0 saturated heterocycles. The molecule has 0 aliphatic carbocycles. The van der Waals surface area contributed by atoms with Gasteiger partial charge in [-0.05, 0) is 18.2 Å². The lowest BCUT2D eigenvalue weighted by Gasteiger charge is -2.05. The predicted octanol–water partition coefficient (Wildman–Crippen LogP) is 1.07. The van der Waals surface area contributed by atoms with Crippen molar-refractivity contribution in [2.75, 3.05) is 5.32 Å². The molecule has 2 rings (SSSR count). The zero-order valence-electron chi connectivity index (χ0n) is 9.31. The van der Waals surface area contributed by atoms with E-state index >= 15 is 0 Å². The number of nitrogens with one attached hydrogen (secondary N) is 2. The number of phenols is 1. The van der Waals surface area contributed by atoms with E-state index in [0.717, 1.165) is 0 Å². The van der Waals surface area contributed by atoms with Gasteiger partial charge < -0.3 is 21.1 Å². The molecule has 0 aliphatic rings. The fraction of sp³-hybridized carbons (Fsp3) is 0. The van der Waals surface area contributed by atoms with E-state index < -0.39 is 11.8 Å². The summed E-state index contributed by atoms with van der Waals surface area (Å²) >= 11 is 0. The molecular weight excluding hydrogens is 234 g/mol. The number of rotatable bonds is 3. The first-order valence-corrected chi connectivity index (χ1v) is 5.15.